The van der Waals surface area contributed by atoms with Crippen LogP contribution in [-0.2, 0) is 10.2 Å². The predicted molar refractivity (Wildman–Crippen MR) is 96.5 cm³/mol. The van der Waals surface area contributed by atoms with Crippen LogP contribution in [-0.4, -0.2) is 29.1 Å². The van der Waals surface area contributed by atoms with Crippen molar-refractivity contribution in [2.45, 2.75) is 18.3 Å². The SMILES string of the molecule is O=C(Nc1ccnc2cccnc12)C1(c2ccc3c(c2)OCCO3)CC1. The number of amides is 1. The molecule has 26 heavy (non-hydrogen) atoms. The molecule has 1 aliphatic heterocycles. The van der Waals surface area contributed by atoms with Crippen LogP contribution in [0.15, 0.2) is 48.8 Å². The van der Waals surface area contributed by atoms with Gasteiger partial charge in [0.05, 0.1) is 16.6 Å². The number of carbonyl (C=O) groups excluding carboxylic acids is 1. The van der Waals surface area contributed by atoms with E-state index in [2.05, 4.69) is 15.3 Å². The highest BCUT2D eigenvalue weighted by atomic mass is 16.6. The van der Waals surface area contributed by atoms with Gasteiger partial charge in [0, 0.05) is 12.4 Å². The molecule has 2 aliphatic rings. The van der Waals surface area contributed by atoms with Gasteiger partial charge in [0.1, 0.15) is 18.7 Å². The Balaban J connectivity index is 1.46. The van der Waals surface area contributed by atoms with Crippen LogP contribution in [0.5, 0.6) is 11.5 Å². The van der Waals surface area contributed by atoms with Crippen molar-refractivity contribution in [3.63, 3.8) is 0 Å². The van der Waals surface area contributed by atoms with E-state index in [4.69, 9.17) is 9.47 Å². The molecule has 1 amide bonds. The molecule has 1 saturated carbocycles. The summed E-state index contributed by atoms with van der Waals surface area (Å²) in [5, 5.41) is 3.05. The number of anilines is 1. The third-order valence-corrected chi connectivity index (χ3v) is 5.02. The van der Waals surface area contributed by atoms with Crippen LogP contribution in [0.3, 0.4) is 0 Å². The van der Waals surface area contributed by atoms with Crippen molar-refractivity contribution in [1.29, 1.82) is 0 Å². The molecular weight excluding hydrogens is 330 g/mol. The molecule has 1 fully saturated rings. The van der Waals surface area contributed by atoms with Crippen LogP contribution in [0.4, 0.5) is 5.69 Å². The molecule has 6 heteroatoms. The highest BCUT2D eigenvalue weighted by Crippen LogP contribution is 2.51. The lowest BCUT2D eigenvalue weighted by Gasteiger charge is -2.21. The Bertz CT molecular complexity index is 1010. The summed E-state index contributed by atoms with van der Waals surface area (Å²) < 4.78 is 11.2. The Morgan fingerprint density at radius 1 is 1.00 bits per heavy atom. The van der Waals surface area contributed by atoms with E-state index < -0.39 is 5.41 Å². The molecule has 1 aromatic carbocycles. The minimum absolute atomic E-state index is 0.0210. The number of nitrogens with zero attached hydrogens (tertiary/aromatic N) is 2. The van der Waals surface area contributed by atoms with Crippen LogP contribution in [0.25, 0.3) is 11.0 Å². The lowest BCUT2D eigenvalue weighted by atomic mass is 9.94. The third kappa shape index (κ3) is 2.37. The zero-order valence-electron chi connectivity index (χ0n) is 14.1. The second-order valence-corrected chi connectivity index (χ2v) is 6.62. The lowest BCUT2D eigenvalue weighted by Crippen LogP contribution is -2.28. The summed E-state index contributed by atoms with van der Waals surface area (Å²) in [6, 6.07) is 11.3. The Morgan fingerprint density at radius 2 is 1.85 bits per heavy atom. The van der Waals surface area contributed by atoms with Gasteiger partial charge < -0.3 is 14.8 Å². The monoisotopic (exact) mass is 347 g/mol. The maximum absolute atomic E-state index is 13.1. The number of rotatable bonds is 3. The molecule has 0 unspecified atom stereocenters. The maximum atomic E-state index is 13.1. The molecule has 2 aromatic heterocycles. The second-order valence-electron chi connectivity index (χ2n) is 6.62. The van der Waals surface area contributed by atoms with E-state index in [9.17, 15) is 4.79 Å². The molecule has 0 atom stereocenters. The molecule has 0 bridgehead atoms. The van der Waals surface area contributed by atoms with Gasteiger partial charge in [-0.05, 0) is 48.7 Å². The second kappa shape index (κ2) is 5.69. The summed E-state index contributed by atoms with van der Waals surface area (Å²) in [4.78, 5) is 21.7. The predicted octanol–water partition coefficient (Wildman–Crippen LogP) is 3.07. The number of ether oxygens (including phenoxy) is 2. The molecule has 1 aliphatic carbocycles. The van der Waals surface area contributed by atoms with Crippen molar-refractivity contribution < 1.29 is 14.3 Å². The van der Waals surface area contributed by atoms with E-state index in [0.717, 1.165) is 29.7 Å². The lowest BCUT2D eigenvalue weighted by molar-refractivity contribution is -0.118. The first kappa shape index (κ1) is 15.1. The summed E-state index contributed by atoms with van der Waals surface area (Å²) in [7, 11) is 0. The molecule has 0 radical (unpaired) electrons. The summed E-state index contributed by atoms with van der Waals surface area (Å²) in [5.41, 5.74) is 2.59. The fourth-order valence-electron chi connectivity index (χ4n) is 3.44. The average Bonchev–Trinajstić information content (AvgIpc) is 3.50. The fraction of sp³-hybridized carbons (Fsp3) is 0.250. The Kier molecular flexibility index (Phi) is 3.31. The molecule has 0 spiro atoms. The van der Waals surface area contributed by atoms with Gasteiger partial charge >= 0.3 is 0 Å². The number of carbonyl (C=O) groups is 1. The fourth-order valence-corrected chi connectivity index (χ4v) is 3.44. The highest BCUT2D eigenvalue weighted by Gasteiger charge is 2.51. The molecule has 5 rings (SSSR count). The number of aromatic nitrogens is 2. The third-order valence-electron chi connectivity index (χ3n) is 5.02. The van der Waals surface area contributed by atoms with Crippen molar-refractivity contribution in [1.82, 2.24) is 9.97 Å². The van der Waals surface area contributed by atoms with Crippen molar-refractivity contribution in [3.05, 3.63) is 54.4 Å². The number of benzene rings is 1. The van der Waals surface area contributed by atoms with Crippen LogP contribution in [0.2, 0.25) is 0 Å². The highest BCUT2D eigenvalue weighted by molar-refractivity contribution is 6.05. The molecule has 6 nitrogen and oxygen atoms in total. The minimum Gasteiger partial charge on any atom is -0.486 e. The normalized spacial score (nSPS) is 16.9. The zero-order valence-corrected chi connectivity index (χ0v) is 14.1. The van der Waals surface area contributed by atoms with Crippen LogP contribution in [0.1, 0.15) is 18.4 Å². The Hall–Kier alpha value is -3.15. The Labute approximate surface area is 150 Å². The largest absolute Gasteiger partial charge is 0.486 e. The van der Waals surface area contributed by atoms with E-state index in [1.54, 1.807) is 18.5 Å². The number of hydrogen-bond donors (Lipinski definition) is 1. The van der Waals surface area contributed by atoms with E-state index in [1.807, 2.05) is 30.3 Å². The first-order valence-corrected chi connectivity index (χ1v) is 8.68. The zero-order chi connectivity index (χ0) is 17.6. The number of nitrogens with one attached hydrogen (secondary N) is 1. The van der Waals surface area contributed by atoms with E-state index in [1.165, 1.54) is 0 Å². The summed E-state index contributed by atoms with van der Waals surface area (Å²) in [6.07, 6.45) is 5.01. The molecule has 3 heterocycles. The number of hydrogen-bond acceptors (Lipinski definition) is 5. The molecule has 130 valence electrons. The van der Waals surface area contributed by atoms with Crippen LogP contribution >= 0.6 is 0 Å². The first-order chi connectivity index (χ1) is 12.8. The van der Waals surface area contributed by atoms with Gasteiger partial charge in [-0.1, -0.05) is 6.07 Å². The average molecular weight is 347 g/mol. The quantitative estimate of drug-likeness (QED) is 0.788. The van der Waals surface area contributed by atoms with Gasteiger partial charge in [-0.25, -0.2) is 0 Å². The topological polar surface area (TPSA) is 73.3 Å². The van der Waals surface area contributed by atoms with E-state index in [-0.39, 0.29) is 5.91 Å². The molecule has 3 aromatic rings. The van der Waals surface area contributed by atoms with Crippen molar-refractivity contribution in [2.24, 2.45) is 0 Å². The van der Waals surface area contributed by atoms with Crippen molar-refractivity contribution >= 4 is 22.6 Å². The van der Waals surface area contributed by atoms with Crippen molar-refractivity contribution in [2.75, 3.05) is 18.5 Å². The van der Waals surface area contributed by atoms with Crippen LogP contribution < -0.4 is 14.8 Å². The smallest absolute Gasteiger partial charge is 0.235 e. The number of pyridine rings is 2. The minimum atomic E-state index is -0.514. The van der Waals surface area contributed by atoms with E-state index in [0.29, 0.717) is 30.2 Å². The van der Waals surface area contributed by atoms with Gasteiger partial charge in [-0.15, -0.1) is 0 Å². The van der Waals surface area contributed by atoms with Crippen LogP contribution in [0, 0.1) is 0 Å². The molecular formula is C20H17N3O3. The van der Waals surface area contributed by atoms with Crippen molar-refractivity contribution in [3.8, 4) is 11.5 Å². The summed E-state index contributed by atoms with van der Waals surface area (Å²) >= 11 is 0. The maximum Gasteiger partial charge on any atom is 0.235 e. The standard InChI is InChI=1S/C20H17N3O3/c24-19(23-15-5-9-21-14-2-1-8-22-18(14)15)20(6-7-20)13-3-4-16-17(12-13)26-11-10-25-16/h1-5,8-9,12H,6-7,10-11H2,(H,21,23,24). The van der Waals surface area contributed by atoms with E-state index >= 15 is 0 Å². The summed E-state index contributed by atoms with van der Waals surface area (Å²) in [6.45, 7) is 1.09. The van der Waals surface area contributed by atoms with Gasteiger partial charge in [-0.2, -0.15) is 0 Å². The molecule has 1 N–H and O–H groups in total. The summed E-state index contributed by atoms with van der Waals surface area (Å²) in [5.74, 6) is 1.43. The van der Waals surface area contributed by atoms with Gasteiger partial charge in [0.2, 0.25) is 5.91 Å². The Morgan fingerprint density at radius 3 is 2.69 bits per heavy atom. The molecule has 0 saturated heterocycles. The number of fused-ring (bicyclic) bond motifs is 2. The first-order valence-electron chi connectivity index (χ1n) is 8.68. The van der Waals surface area contributed by atoms with Gasteiger partial charge in [0.15, 0.2) is 11.5 Å². The van der Waals surface area contributed by atoms with Gasteiger partial charge in [0.25, 0.3) is 0 Å². The van der Waals surface area contributed by atoms with Gasteiger partial charge in [-0.3, -0.25) is 14.8 Å².